The maximum absolute atomic E-state index is 8.93. The van der Waals surface area contributed by atoms with Gasteiger partial charge in [0.25, 0.3) is 0 Å². The monoisotopic (exact) mass is 241 g/mol. The summed E-state index contributed by atoms with van der Waals surface area (Å²) in [6.07, 6.45) is 1.29. The lowest BCUT2D eigenvalue weighted by Crippen LogP contribution is -2.37. The van der Waals surface area contributed by atoms with Crippen LogP contribution in [0.1, 0.15) is 12.0 Å². The molecule has 2 rings (SSSR count). The van der Waals surface area contributed by atoms with Crippen LogP contribution >= 0.6 is 15.9 Å². The zero-order chi connectivity index (χ0) is 9.26. The van der Waals surface area contributed by atoms with Crippen LogP contribution in [0.5, 0.6) is 0 Å². The van der Waals surface area contributed by atoms with E-state index >= 15 is 0 Å². The van der Waals surface area contributed by atoms with Gasteiger partial charge in [-0.2, -0.15) is 0 Å². The number of aliphatic hydroxyl groups is 1. The number of nitrogens with zero attached hydrogens (tertiary/aromatic N) is 1. The maximum Gasteiger partial charge on any atom is 0.0682 e. The Hall–Kier alpha value is -0.540. The molecule has 3 heteroatoms. The van der Waals surface area contributed by atoms with E-state index in [4.69, 9.17) is 5.11 Å². The minimum absolute atomic E-state index is 0.110. The number of rotatable bonds is 2. The predicted octanol–water partition coefficient (Wildman–Crippen LogP) is 2.15. The summed E-state index contributed by atoms with van der Waals surface area (Å²) in [5.74, 6) is 0. The van der Waals surface area contributed by atoms with Crippen LogP contribution < -0.4 is 4.90 Å². The van der Waals surface area contributed by atoms with Gasteiger partial charge in [-0.05, 0) is 40.0 Å². The number of hydrogen-bond acceptors (Lipinski definition) is 2. The molecule has 0 aromatic heterocycles. The van der Waals surface area contributed by atoms with E-state index in [1.165, 1.54) is 12.1 Å². The molecule has 1 saturated heterocycles. The Labute approximate surface area is 86.3 Å². The topological polar surface area (TPSA) is 23.5 Å². The minimum atomic E-state index is 0.110. The molecule has 1 fully saturated rings. The molecule has 13 heavy (non-hydrogen) atoms. The molecule has 70 valence electrons. The highest BCUT2D eigenvalue weighted by molar-refractivity contribution is 9.10. The van der Waals surface area contributed by atoms with Crippen molar-refractivity contribution >= 4 is 21.6 Å². The van der Waals surface area contributed by atoms with Crippen molar-refractivity contribution in [3.05, 3.63) is 28.2 Å². The van der Waals surface area contributed by atoms with Crippen molar-refractivity contribution in [3.8, 4) is 0 Å². The van der Waals surface area contributed by atoms with Crippen molar-refractivity contribution in [3.63, 3.8) is 0 Å². The van der Waals surface area contributed by atoms with Gasteiger partial charge in [-0.3, -0.25) is 0 Å². The molecule has 2 nitrogen and oxygen atoms in total. The van der Waals surface area contributed by atoms with Crippen LogP contribution in [0.2, 0.25) is 0 Å². The molecule has 0 spiro atoms. The molecule has 0 saturated carbocycles. The quantitative estimate of drug-likeness (QED) is 0.858. The first kappa shape index (κ1) is 9.03. The molecule has 1 heterocycles. The molecular weight excluding hydrogens is 230 g/mol. The molecule has 1 aromatic carbocycles. The maximum atomic E-state index is 8.93. The zero-order valence-electron chi connectivity index (χ0n) is 7.33. The van der Waals surface area contributed by atoms with Crippen molar-refractivity contribution in [2.45, 2.75) is 13.0 Å². The Morgan fingerprint density at radius 3 is 2.62 bits per heavy atom. The van der Waals surface area contributed by atoms with Crippen LogP contribution in [-0.4, -0.2) is 18.2 Å². The van der Waals surface area contributed by atoms with Crippen LogP contribution in [0.15, 0.2) is 22.7 Å². The second-order valence-electron chi connectivity index (χ2n) is 3.28. The van der Waals surface area contributed by atoms with Crippen molar-refractivity contribution in [1.82, 2.24) is 0 Å². The van der Waals surface area contributed by atoms with E-state index in [1.54, 1.807) is 0 Å². The summed E-state index contributed by atoms with van der Waals surface area (Å²) in [5.41, 5.74) is 2.19. The number of aliphatic hydroxyl groups excluding tert-OH is 1. The summed E-state index contributed by atoms with van der Waals surface area (Å²) in [7, 11) is 0. The summed E-state index contributed by atoms with van der Waals surface area (Å²) in [5, 5.41) is 8.93. The zero-order valence-corrected chi connectivity index (χ0v) is 8.92. The largest absolute Gasteiger partial charge is 0.392 e. The molecule has 0 radical (unpaired) electrons. The van der Waals surface area contributed by atoms with E-state index in [1.807, 2.05) is 12.1 Å². The third-order valence-corrected chi connectivity index (χ3v) is 3.03. The van der Waals surface area contributed by atoms with Gasteiger partial charge in [0.1, 0.15) is 0 Å². The first-order valence-electron chi connectivity index (χ1n) is 4.45. The molecule has 0 atom stereocenters. The molecule has 0 unspecified atom stereocenters. The van der Waals surface area contributed by atoms with Gasteiger partial charge < -0.3 is 10.0 Å². The number of anilines is 1. The lowest BCUT2D eigenvalue weighted by Gasteiger charge is -2.34. The summed E-state index contributed by atoms with van der Waals surface area (Å²) in [4.78, 5) is 2.32. The van der Waals surface area contributed by atoms with Crippen LogP contribution in [0.25, 0.3) is 0 Å². The van der Waals surface area contributed by atoms with E-state index in [2.05, 4.69) is 26.9 Å². The van der Waals surface area contributed by atoms with Crippen LogP contribution in [0.3, 0.4) is 0 Å². The normalized spacial score (nSPS) is 15.7. The molecule has 1 N–H and O–H groups in total. The van der Waals surface area contributed by atoms with Gasteiger partial charge in [-0.15, -0.1) is 0 Å². The number of benzene rings is 1. The number of halogens is 1. The van der Waals surface area contributed by atoms with Gasteiger partial charge in [0.05, 0.1) is 12.3 Å². The van der Waals surface area contributed by atoms with Gasteiger partial charge >= 0.3 is 0 Å². The van der Waals surface area contributed by atoms with Crippen LogP contribution in [0.4, 0.5) is 5.69 Å². The SMILES string of the molecule is OCc1ccc(N2CCC2)c(Br)c1. The van der Waals surface area contributed by atoms with Gasteiger partial charge in [0.15, 0.2) is 0 Å². The Bertz CT molecular complexity index is 310. The lowest BCUT2D eigenvalue weighted by molar-refractivity contribution is 0.282. The third kappa shape index (κ3) is 1.71. The van der Waals surface area contributed by atoms with E-state index in [0.29, 0.717) is 0 Å². The van der Waals surface area contributed by atoms with E-state index in [0.717, 1.165) is 23.1 Å². The highest BCUT2D eigenvalue weighted by atomic mass is 79.9. The fourth-order valence-electron chi connectivity index (χ4n) is 1.46. The summed E-state index contributed by atoms with van der Waals surface area (Å²) in [6.45, 7) is 2.41. The van der Waals surface area contributed by atoms with Crippen molar-refractivity contribution < 1.29 is 5.11 Å². The Balaban J connectivity index is 2.26. The van der Waals surface area contributed by atoms with E-state index < -0.39 is 0 Å². The second-order valence-corrected chi connectivity index (χ2v) is 4.14. The highest BCUT2D eigenvalue weighted by Gasteiger charge is 2.16. The first-order chi connectivity index (χ1) is 6.31. The first-order valence-corrected chi connectivity index (χ1v) is 5.25. The van der Waals surface area contributed by atoms with E-state index in [9.17, 15) is 0 Å². The van der Waals surface area contributed by atoms with Crippen molar-refractivity contribution in [1.29, 1.82) is 0 Å². The van der Waals surface area contributed by atoms with Crippen molar-refractivity contribution in [2.75, 3.05) is 18.0 Å². The summed E-state index contributed by atoms with van der Waals surface area (Å²) < 4.78 is 1.08. The number of hydrogen-bond donors (Lipinski definition) is 1. The van der Waals surface area contributed by atoms with Crippen LogP contribution in [-0.2, 0) is 6.61 Å². The molecule has 1 aliphatic rings. The third-order valence-electron chi connectivity index (χ3n) is 2.39. The fourth-order valence-corrected chi connectivity index (χ4v) is 2.14. The Kier molecular flexibility index (Phi) is 2.56. The Morgan fingerprint density at radius 1 is 1.38 bits per heavy atom. The van der Waals surface area contributed by atoms with Crippen molar-refractivity contribution in [2.24, 2.45) is 0 Å². The smallest absolute Gasteiger partial charge is 0.0682 e. The Morgan fingerprint density at radius 2 is 2.15 bits per heavy atom. The predicted molar refractivity (Wildman–Crippen MR) is 56.9 cm³/mol. The summed E-state index contributed by atoms with van der Waals surface area (Å²) in [6, 6.07) is 6.01. The van der Waals surface area contributed by atoms with E-state index in [-0.39, 0.29) is 6.61 Å². The fraction of sp³-hybridized carbons (Fsp3) is 0.400. The summed E-state index contributed by atoms with van der Waals surface area (Å²) >= 11 is 3.51. The molecule has 1 aromatic rings. The molecule has 0 aliphatic carbocycles. The standard InChI is InChI=1S/C10H12BrNO/c11-9-6-8(7-13)2-3-10(9)12-4-1-5-12/h2-3,6,13H,1,4-5,7H2. The minimum Gasteiger partial charge on any atom is -0.392 e. The molecule has 0 bridgehead atoms. The molecule has 0 amide bonds. The molecule has 1 aliphatic heterocycles. The van der Waals surface area contributed by atoms with Crippen LogP contribution in [0, 0.1) is 0 Å². The average Bonchev–Trinajstić information content (AvgIpc) is 2.05. The highest BCUT2D eigenvalue weighted by Crippen LogP contribution is 2.30. The van der Waals surface area contributed by atoms with Gasteiger partial charge in [-0.1, -0.05) is 6.07 Å². The van der Waals surface area contributed by atoms with Gasteiger partial charge in [0.2, 0.25) is 0 Å². The van der Waals surface area contributed by atoms with Gasteiger partial charge in [-0.25, -0.2) is 0 Å². The lowest BCUT2D eigenvalue weighted by atomic mass is 10.1. The average molecular weight is 242 g/mol. The van der Waals surface area contributed by atoms with Gasteiger partial charge in [0, 0.05) is 17.6 Å². The second kappa shape index (κ2) is 3.68. The molecular formula is C10H12BrNO.